The molecule has 0 atom stereocenters. The second-order valence-corrected chi connectivity index (χ2v) is 2.86. The van der Waals surface area contributed by atoms with E-state index < -0.39 is 17.9 Å². The second kappa shape index (κ2) is 5.34. The molecule has 1 aromatic carbocycles. The summed E-state index contributed by atoms with van der Waals surface area (Å²) < 4.78 is 52.2. The zero-order chi connectivity index (χ0) is 12.9. The lowest BCUT2D eigenvalue weighted by Crippen LogP contribution is -2.17. The van der Waals surface area contributed by atoms with Gasteiger partial charge in [-0.2, -0.15) is 0 Å². The first-order valence-electron chi connectivity index (χ1n) is 4.40. The van der Waals surface area contributed by atoms with E-state index in [1.54, 1.807) is 0 Å². The van der Waals surface area contributed by atoms with E-state index in [4.69, 9.17) is 0 Å². The van der Waals surface area contributed by atoms with Crippen LogP contribution < -0.4 is 4.74 Å². The van der Waals surface area contributed by atoms with E-state index in [1.165, 1.54) is 0 Å². The van der Waals surface area contributed by atoms with Crippen LogP contribution >= 0.6 is 0 Å². The number of hydrogen-bond donors (Lipinski definition) is 0. The third-order valence-corrected chi connectivity index (χ3v) is 1.58. The van der Waals surface area contributed by atoms with Crippen molar-refractivity contribution in [2.75, 3.05) is 0 Å². The number of benzene rings is 1. The van der Waals surface area contributed by atoms with Gasteiger partial charge in [-0.25, -0.2) is 4.39 Å². The molecule has 0 spiro atoms. The number of carbonyl (C=O) groups excluding carboxylic acids is 1. The van der Waals surface area contributed by atoms with Crippen molar-refractivity contribution in [2.45, 2.75) is 12.8 Å². The Kier molecular flexibility index (Phi) is 4.10. The van der Waals surface area contributed by atoms with Gasteiger partial charge in [-0.15, -0.1) is 13.2 Å². The number of halogens is 4. The Morgan fingerprint density at radius 1 is 1.35 bits per heavy atom. The first-order chi connectivity index (χ1) is 7.92. The molecule has 0 aliphatic heterocycles. The van der Waals surface area contributed by atoms with Gasteiger partial charge < -0.3 is 9.53 Å². The van der Waals surface area contributed by atoms with Crippen LogP contribution in [0.2, 0.25) is 0 Å². The van der Waals surface area contributed by atoms with Gasteiger partial charge in [-0.05, 0) is 12.1 Å². The van der Waals surface area contributed by atoms with E-state index in [-0.39, 0.29) is 12.0 Å². The lowest BCUT2D eigenvalue weighted by molar-refractivity contribution is -0.274. The standard InChI is InChI=1S/C11H6F4O2/c12-10-7-9(17-11(13,14)15)5-4-8(10)3-1-2-6-16/h4-7H,2H2. The first kappa shape index (κ1) is 13.0. The average Bonchev–Trinajstić information content (AvgIpc) is 2.19. The highest BCUT2D eigenvalue weighted by Gasteiger charge is 2.31. The Morgan fingerprint density at radius 3 is 2.59 bits per heavy atom. The predicted octanol–water partition coefficient (Wildman–Crippen LogP) is 2.66. The molecule has 2 nitrogen and oxygen atoms in total. The summed E-state index contributed by atoms with van der Waals surface area (Å²) in [6.45, 7) is 0. The third kappa shape index (κ3) is 4.55. The smallest absolute Gasteiger partial charge is 0.406 e. The molecule has 0 aromatic heterocycles. The summed E-state index contributed by atoms with van der Waals surface area (Å²) in [7, 11) is 0. The molecule has 6 heteroatoms. The fourth-order valence-electron chi connectivity index (χ4n) is 0.982. The summed E-state index contributed by atoms with van der Waals surface area (Å²) in [5.74, 6) is 3.05. The number of hydrogen-bond acceptors (Lipinski definition) is 2. The monoisotopic (exact) mass is 246 g/mol. The fourth-order valence-corrected chi connectivity index (χ4v) is 0.982. The van der Waals surface area contributed by atoms with Crippen LogP contribution in [-0.4, -0.2) is 12.6 Å². The lowest BCUT2D eigenvalue weighted by atomic mass is 10.2. The molecule has 0 amide bonds. The van der Waals surface area contributed by atoms with E-state index in [0.29, 0.717) is 12.4 Å². The largest absolute Gasteiger partial charge is 0.573 e. The van der Waals surface area contributed by atoms with E-state index in [9.17, 15) is 22.4 Å². The normalized spacial score (nSPS) is 10.4. The minimum absolute atomic E-state index is 0.0692. The van der Waals surface area contributed by atoms with E-state index in [1.807, 2.05) is 0 Å². The zero-order valence-corrected chi connectivity index (χ0v) is 8.34. The molecule has 0 aliphatic rings. The van der Waals surface area contributed by atoms with Crippen molar-refractivity contribution in [3.05, 3.63) is 29.6 Å². The first-order valence-corrected chi connectivity index (χ1v) is 4.40. The van der Waals surface area contributed by atoms with Crippen molar-refractivity contribution >= 4 is 6.29 Å². The van der Waals surface area contributed by atoms with Crippen molar-refractivity contribution in [2.24, 2.45) is 0 Å². The molecule has 0 fully saturated rings. The Bertz CT molecular complexity index is 469. The van der Waals surface area contributed by atoms with Gasteiger partial charge in [0.25, 0.3) is 0 Å². The number of aldehydes is 1. The summed E-state index contributed by atoms with van der Waals surface area (Å²) in [5, 5.41) is 0. The van der Waals surface area contributed by atoms with Gasteiger partial charge in [0.15, 0.2) is 0 Å². The van der Waals surface area contributed by atoms with Crippen LogP contribution in [0.25, 0.3) is 0 Å². The molecular weight excluding hydrogens is 240 g/mol. The van der Waals surface area contributed by atoms with Gasteiger partial charge in [0, 0.05) is 6.07 Å². The Labute approximate surface area is 94.2 Å². The summed E-state index contributed by atoms with van der Waals surface area (Å²) >= 11 is 0. The highest BCUT2D eigenvalue weighted by atomic mass is 19.4. The molecule has 0 N–H and O–H groups in total. The Balaban J connectivity index is 2.87. The van der Waals surface area contributed by atoms with Gasteiger partial charge in [0.2, 0.25) is 0 Å². The fraction of sp³-hybridized carbons (Fsp3) is 0.182. The SMILES string of the molecule is O=CCC#Cc1ccc(OC(F)(F)F)cc1F. The molecule has 1 rings (SSSR count). The Hall–Kier alpha value is -2.03. The predicted molar refractivity (Wildman–Crippen MR) is 50.6 cm³/mol. The van der Waals surface area contributed by atoms with E-state index in [0.717, 1.165) is 12.1 Å². The van der Waals surface area contributed by atoms with Gasteiger partial charge in [-0.1, -0.05) is 11.8 Å². The summed E-state index contributed by atoms with van der Waals surface area (Å²) in [4.78, 5) is 9.95. The van der Waals surface area contributed by atoms with Gasteiger partial charge in [0.1, 0.15) is 17.9 Å². The van der Waals surface area contributed by atoms with Crippen LogP contribution in [0.1, 0.15) is 12.0 Å². The Morgan fingerprint density at radius 2 is 2.06 bits per heavy atom. The molecule has 0 saturated carbocycles. The number of alkyl halides is 3. The average molecular weight is 246 g/mol. The van der Waals surface area contributed by atoms with Crippen LogP contribution in [0.15, 0.2) is 18.2 Å². The van der Waals surface area contributed by atoms with E-state index >= 15 is 0 Å². The maximum atomic E-state index is 13.2. The topological polar surface area (TPSA) is 26.3 Å². The molecule has 0 heterocycles. The second-order valence-electron chi connectivity index (χ2n) is 2.86. The summed E-state index contributed by atoms with van der Waals surface area (Å²) in [5.41, 5.74) is -0.0959. The van der Waals surface area contributed by atoms with Crippen LogP contribution in [0.4, 0.5) is 17.6 Å². The highest BCUT2D eigenvalue weighted by Crippen LogP contribution is 2.24. The van der Waals surface area contributed by atoms with Crippen molar-refractivity contribution in [1.82, 2.24) is 0 Å². The van der Waals surface area contributed by atoms with E-state index in [2.05, 4.69) is 16.6 Å². The molecular formula is C11H6F4O2. The molecule has 0 saturated heterocycles. The maximum absolute atomic E-state index is 13.2. The summed E-state index contributed by atoms with van der Waals surface area (Å²) in [6, 6.07) is 2.58. The zero-order valence-electron chi connectivity index (χ0n) is 8.34. The van der Waals surface area contributed by atoms with Crippen molar-refractivity contribution < 1.29 is 27.1 Å². The maximum Gasteiger partial charge on any atom is 0.573 e. The quantitative estimate of drug-likeness (QED) is 0.455. The van der Waals surface area contributed by atoms with Crippen molar-refractivity contribution in [3.8, 4) is 17.6 Å². The molecule has 0 unspecified atom stereocenters. The van der Waals surface area contributed by atoms with Crippen molar-refractivity contribution in [3.63, 3.8) is 0 Å². The number of carbonyl (C=O) groups is 1. The third-order valence-electron chi connectivity index (χ3n) is 1.58. The van der Waals surface area contributed by atoms with Gasteiger partial charge >= 0.3 is 6.36 Å². The minimum atomic E-state index is -4.86. The van der Waals surface area contributed by atoms with Crippen LogP contribution in [-0.2, 0) is 4.79 Å². The van der Waals surface area contributed by atoms with Gasteiger partial charge in [0.05, 0.1) is 12.0 Å². The molecule has 0 aliphatic carbocycles. The highest BCUT2D eigenvalue weighted by molar-refractivity contribution is 5.55. The van der Waals surface area contributed by atoms with Crippen molar-refractivity contribution in [1.29, 1.82) is 0 Å². The molecule has 90 valence electrons. The van der Waals surface area contributed by atoms with Crippen LogP contribution in [0.5, 0.6) is 5.75 Å². The molecule has 0 bridgehead atoms. The lowest BCUT2D eigenvalue weighted by Gasteiger charge is -2.08. The minimum Gasteiger partial charge on any atom is -0.406 e. The number of rotatable bonds is 2. The molecule has 17 heavy (non-hydrogen) atoms. The van der Waals surface area contributed by atoms with Gasteiger partial charge in [-0.3, -0.25) is 0 Å². The number of ether oxygens (including phenoxy) is 1. The molecule has 1 aromatic rings. The van der Waals surface area contributed by atoms with Crippen LogP contribution in [0, 0.1) is 17.7 Å². The molecule has 0 radical (unpaired) electrons. The van der Waals surface area contributed by atoms with Crippen LogP contribution in [0.3, 0.4) is 0 Å². The summed E-state index contributed by atoms with van der Waals surface area (Å²) in [6.07, 6.45) is -4.40.